The van der Waals surface area contributed by atoms with Crippen molar-refractivity contribution in [2.24, 2.45) is 5.73 Å². The summed E-state index contributed by atoms with van der Waals surface area (Å²) in [5.41, 5.74) is 5.82. The molecular formula is C14H23ClN2O3S. The lowest BCUT2D eigenvalue weighted by Crippen LogP contribution is -2.48. The summed E-state index contributed by atoms with van der Waals surface area (Å²) in [4.78, 5) is 15.0. The molecule has 0 radical (unpaired) electrons. The van der Waals surface area contributed by atoms with Gasteiger partial charge in [0.2, 0.25) is 5.91 Å². The molecule has 5 nitrogen and oxygen atoms in total. The first-order chi connectivity index (χ1) is 9.63. The minimum absolute atomic E-state index is 0. The van der Waals surface area contributed by atoms with E-state index in [0.717, 1.165) is 24.3 Å². The zero-order valence-corrected chi connectivity index (χ0v) is 13.7. The van der Waals surface area contributed by atoms with Crippen LogP contribution in [0.4, 0.5) is 0 Å². The summed E-state index contributed by atoms with van der Waals surface area (Å²) < 4.78 is 4.94. The Morgan fingerprint density at radius 1 is 1.67 bits per heavy atom. The lowest BCUT2D eigenvalue weighted by atomic mass is 10.1. The molecule has 2 rings (SSSR count). The molecule has 0 aromatic carbocycles. The maximum absolute atomic E-state index is 12.3. The number of ether oxygens (including phenoxy) is 1. The van der Waals surface area contributed by atoms with Crippen molar-refractivity contribution in [2.45, 2.75) is 37.5 Å². The number of amides is 1. The van der Waals surface area contributed by atoms with Crippen molar-refractivity contribution >= 4 is 29.7 Å². The standard InChI is InChI=1S/C14H22N2O3S.ClH/c1-19-9-11(15)14(18)16-6-2-4-10(16)8-12(17)13-5-3-7-20-13;/h3,5,7,10-12,17H,2,4,6,8-9,15H2,1H3;1H. The number of thiophene rings is 1. The van der Waals surface area contributed by atoms with E-state index < -0.39 is 12.1 Å². The molecule has 0 aliphatic carbocycles. The molecule has 7 heteroatoms. The topological polar surface area (TPSA) is 75.8 Å². The van der Waals surface area contributed by atoms with Crippen molar-refractivity contribution < 1.29 is 14.6 Å². The van der Waals surface area contributed by atoms with Crippen LogP contribution in [0.25, 0.3) is 0 Å². The third kappa shape index (κ3) is 4.66. The first-order valence-electron chi connectivity index (χ1n) is 6.90. The second-order valence-electron chi connectivity index (χ2n) is 5.16. The number of halogens is 1. The second-order valence-corrected chi connectivity index (χ2v) is 6.14. The van der Waals surface area contributed by atoms with Gasteiger partial charge in [0.15, 0.2) is 0 Å². The Bertz CT molecular complexity index is 430. The van der Waals surface area contributed by atoms with Crippen LogP contribution in [-0.2, 0) is 9.53 Å². The molecule has 1 aromatic heterocycles. The van der Waals surface area contributed by atoms with Crippen LogP contribution in [0.3, 0.4) is 0 Å². The Morgan fingerprint density at radius 3 is 3.05 bits per heavy atom. The van der Waals surface area contributed by atoms with Crippen LogP contribution in [0.15, 0.2) is 17.5 Å². The molecule has 1 aliphatic heterocycles. The Kier molecular flexibility index (Phi) is 7.62. The molecule has 3 N–H and O–H groups in total. The zero-order chi connectivity index (χ0) is 14.5. The summed E-state index contributed by atoms with van der Waals surface area (Å²) in [6.07, 6.45) is 1.96. The van der Waals surface area contributed by atoms with Gasteiger partial charge < -0.3 is 20.5 Å². The Balaban J connectivity index is 0.00000220. The highest BCUT2D eigenvalue weighted by Gasteiger charge is 2.33. The first-order valence-corrected chi connectivity index (χ1v) is 7.78. The number of hydrogen-bond acceptors (Lipinski definition) is 5. The summed E-state index contributed by atoms with van der Waals surface area (Å²) >= 11 is 1.54. The van der Waals surface area contributed by atoms with E-state index in [2.05, 4.69) is 0 Å². The quantitative estimate of drug-likeness (QED) is 0.827. The maximum atomic E-state index is 12.3. The zero-order valence-electron chi connectivity index (χ0n) is 12.1. The van der Waals surface area contributed by atoms with Gasteiger partial charge in [0.25, 0.3) is 0 Å². The molecule has 0 saturated carbocycles. The Labute approximate surface area is 135 Å². The van der Waals surface area contributed by atoms with E-state index in [1.54, 1.807) is 16.2 Å². The predicted octanol–water partition coefficient (Wildman–Crippen LogP) is 1.56. The number of aliphatic hydroxyl groups excluding tert-OH is 1. The predicted molar refractivity (Wildman–Crippen MR) is 85.7 cm³/mol. The highest BCUT2D eigenvalue weighted by molar-refractivity contribution is 7.10. The van der Waals surface area contributed by atoms with Crippen LogP contribution in [0.2, 0.25) is 0 Å². The fourth-order valence-electron chi connectivity index (χ4n) is 2.69. The van der Waals surface area contributed by atoms with Gasteiger partial charge in [-0.25, -0.2) is 0 Å². The van der Waals surface area contributed by atoms with Crippen molar-refractivity contribution in [3.8, 4) is 0 Å². The normalized spacial score (nSPS) is 20.9. The van der Waals surface area contributed by atoms with Gasteiger partial charge >= 0.3 is 0 Å². The number of nitrogens with zero attached hydrogens (tertiary/aromatic N) is 1. The number of methoxy groups -OCH3 is 1. The number of hydrogen-bond donors (Lipinski definition) is 2. The molecule has 120 valence electrons. The summed E-state index contributed by atoms with van der Waals surface area (Å²) in [5.74, 6) is -0.0762. The van der Waals surface area contributed by atoms with E-state index in [1.807, 2.05) is 17.5 Å². The van der Waals surface area contributed by atoms with E-state index in [0.29, 0.717) is 6.42 Å². The highest BCUT2D eigenvalue weighted by atomic mass is 35.5. The van der Waals surface area contributed by atoms with E-state index >= 15 is 0 Å². The SMILES string of the molecule is COCC(N)C(=O)N1CCCC1CC(O)c1cccs1.Cl. The van der Waals surface area contributed by atoms with Crippen LogP contribution in [0.1, 0.15) is 30.2 Å². The van der Waals surface area contributed by atoms with Crippen molar-refractivity contribution in [3.63, 3.8) is 0 Å². The largest absolute Gasteiger partial charge is 0.387 e. The molecule has 1 amide bonds. The summed E-state index contributed by atoms with van der Waals surface area (Å²) in [5, 5.41) is 12.2. The van der Waals surface area contributed by atoms with Crippen LogP contribution in [0, 0.1) is 0 Å². The molecule has 21 heavy (non-hydrogen) atoms. The summed E-state index contributed by atoms with van der Waals surface area (Å²) in [7, 11) is 1.54. The molecule has 3 unspecified atom stereocenters. The third-order valence-corrected chi connectivity index (χ3v) is 4.66. The average molecular weight is 335 g/mol. The second kappa shape index (κ2) is 8.70. The van der Waals surface area contributed by atoms with Gasteiger partial charge in [-0.05, 0) is 30.7 Å². The fourth-order valence-corrected chi connectivity index (χ4v) is 3.41. The Morgan fingerprint density at radius 2 is 2.43 bits per heavy atom. The fraction of sp³-hybridized carbons (Fsp3) is 0.643. The minimum atomic E-state index is -0.612. The van der Waals surface area contributed by atoms with Crippen LogP contribution < -0.4 is 5.73 Å². The molecule has 0 bridgehead atoms. The van der Waals surface area contributed by atoms with Crippen LogP contribution >= 0.6 is 23.7 Å². The number of likely N-dealkylation sites (tertiary alicyclic amines) is 1. The molecular weight excluding hydrogens is 312 g/mol. The minimum Gasteiger partial charge on any atom is -0.387 e. The monoisotopic (exact) mass is 334 g/mol. The van der Waals surface area contributed by atoms with E-state index in [1.165, 1.54) is 7.11 Å². The van der Waals surface area contributed by atoms with Gasteiger partial charge in [0.1, 0.15) is 6.04 Å². The van der Waals surface area contributed by atoms with E-state index in [9.17, 15) is 9.90 Å². The van der Waals surface area contributed by atoms with E-state index in [-0.39, 0.29) is 31.0 Å². The molecule has 2 heterocycles. The highest BCUT2D eigenvalue weighted by Crippen LogP contribution is 2.29. The van der Waals surface area contributed by atoms with Crippen molar-refractivity contribution in [2.75, 3.05) is 20.3 Å². The van der Waals surface area contributed by atoms with E-state index in [4.69, 9.17) is 10.5 Å². The first kappa shape index (κ1) is 18.4. The molecule has 1 aliphatic rings. The lowest BCUT2D eigenvalue weighted by molar-refractivity contribution is -0.135. The number of carbonyl (C=O) groups excluding carboxylic acids is 1. The summed E-state index contributed by atoms with van der Waals surface area (Å²) in [6, 6.07) is 3.31. The average Bonchev–Trinajstić information content (AvgIpc) is 3.09. The molecule has 3 atom stereocenters. The van der Waals surface area contributed by atoms with Gasteiger partial charge in [-0.2, -0.15) is 0 Å². The van der Waals surface area contributed by atoms with Gasteiger partial charge in [-0.1, -0.05) is 6.07 Å². The molecule has 1 saturated heterocycles. The summed E-state index contributed by atoms with van der Waals surface area (Å²) in [6.45, 7) is 0.952. The van der Waals surface area contributed by atoms with Crippen molar-refractivity contribution in [3.05, 3.63) is 22.4 Å². The van der Waals surface area contributed by atoms with Gasteiger partial charge in [-0.15, -0.1) is 23.7 Å². The number of rotatable bonds is 6. The Hall–Kier alpha value is -0.660. The van der Waals surface area contributed by atoms with Crippen molar-refractivity contribution in [1.82, 2.24) is 4.90 Å². The smallest absolute Gasteiger partial charge is 0.242 e. The number of carbonyl (C=O) groups is 1. The number of nitrogens with two attached hydrogens (primary N) is 1. The van der Waals surface area contributed by atoms with Crippen LogP contribution in [-0.4, -0.2) is 48.3 Å². The molecule has 0 spiro atoms. The van der Waals surface area contributed by atoms with Gasteiger partial charge in [0, 0.05) is 24.6 Å². The van der Waals surface area contributed by atoms with Crippen LogP contribution in [0.5, 0.6) is 0 Å². The number of aliphatic hydroxyl groups is 1. The molecule has 1 aromatic rings. The van der Waals surface area contributed by atoms with Gasteiger partial charge in [0.05, 0.1) is 12.7 Å². The lowest BCUT2D eigenvalue weighted by Gasteiger charge is -2.28. The maximum Gasteiger partial charge on any atom is 0.242 e. The van der Waals surface area contributed by atoms with Gasteiger partial charge in [-0.3, -0.25) is 4.79 Å². The van der Waals surface area contributed by atoms with Crippen molar-refractivity contribution in [1.29, 1.82) is 0 Å². The molecule has 1 fully saturated rings. The third-order valence-electron chi connectivity index (χ3n) is 3.69.